The Balaban J connectivity index is 0.00000121. The second kappa shape index (κ2) is 8.84. The van der Waals surface area contributed by atoms with Gasteiger partial charge in [-0.15, -0.1) is 47.5 Å². The first-order valence-electron chi connectivity index (χ1n) is 6.75. The monoisotopic (exact) mass is 379 g/mol. The van der Waals surface area contributed by atoms with Crippen LogP contribution in [-0.4, -0.2) is 30.0 Å². The predicted molar refractivity (Wildman–Crippen MR) is 97.8 cm³/mol. The Bertz CT molecular complexity index is 589. The van der Waals surface area contributed by atoms with Crippen molar-refractivity contribution in [2.24, 2.45) is 5.92 Å². The number of nitrogens with one attached hydrogen (secondary N) is 2. The highest BCUT2D eigenvalue weighted by Gasteiger charge is 2.24. The van der Waals surface area contributed by atoms with Gasteiger partial charge in [0.25, 0.3) is 5.91 Å². The first-order valence-corrected chi connectivity index (χ1v) is 8.51. The molecule has 1 amide bonds. The molecule has 2 unspecified atom stereocenters. The minimum Gasteiger partial charge on any atom is -0.346 e. The van der Waals surface area contributed by atoms with Crippen LogP contribution in [0.5, 0.6) is 0 Å². The van der Waals surface area contributed by atoms with E-state index >= 15 is 0 Å². The maximum Gasteiger partial charge on any atom is 0.271 e. The van der Waals surface area contributed by atoms with E-state index in [1.54, 1.807) is 11.3 Å². The minimum atomic E-state index is -0.0652. The van der Waals surface area contributed by atoms with E-state index in [0.717, 1.165) is 29.4 Å². The van der Waals surface area contributed by atoms with Gasteiger partial charge in [-0.3, -0.25) is 4.79 Å². The molecule has 8 heteroatoms. The summed E-state index contributed by atoms with van der Waals surface area (Å²) in [6.07, 6.45) is 1.10. The maximum absolute atomic E-state index is 12.3. The molecule has 1 saturated heterocycles. The number of hydrogen-bond donors (Lipinski definition) is 2. The third-order valence-electron chi connectivity index (χ3n) is 3.61. The Morgan fingerprint density at radius 3 is 2.91 bits per heavy atom. The SMILES string of the molecule is CC1CCNCC1NC(=O)c1csc(-c2cccs2)n1.Cl.Cl. The topological polar surface area (TPSA) is 54.0 Å². The van der Waals surface area contributed by atoms with Crippen LogP contribution in [0.15, 0.2) is 22.9 Å². The molecule has 2 N–H and O–H groups in total. The van der Waals surface area contributed by atoms with Gasteiger partial charge in [0.2, 0.25) is 0 Å². The molecule has 2 aromatic heterocycles. The second-order valence-corrected chi connectivity index (χ2v) is 6.87. The number of thiophene rings is 1. The number of piperidine rings is 1. The van der Waals surface area contributed by atoms with Crippen LogP contribution in [0.3, 0.4) is 0 Å². The Morgan fingerprint density at radius 2 is 2.23 bits per heavy atom. The van der Waals surface area contributed by atoms with Crippen molar-refractivity contribution in [3.63, 3.8) is 0 Å². The van der Waals surface area contributed by atoms with Gasteiger partial charge in [-0.05, 0) is 30.3 Å². The molecule has 3 heterocycles. The summed E-state index contributed by atoms with van der Waals surface area (Å²) < 4.78 is 0. The standard InChI is InChI=1S/C14H17N3OS2.2ClH/c1-9-4-5-15-7-10(9)16-13(18)11-8-20-14(17-11)12-3-2-6-19-12;;/h2-3,6,8-10,15H,4-5,7H2,1H3,(H,16,18);2*1H. The number of hydrogen-bond acceptors (Lipinski definition) is 5. The molecule has 0 radical (unpaired) electrons. The van der Waals surface area contributed by atoms with E-state index in [2.05, 4.69) is 22.5 Å². The number of nitrogens with zero attached hydrogens (tertiary/aromatic N) is 1. The predicted octanol–water partition coefficient (Wildman–Crippen LogP) is 3.44. The number of carbonyl (C=O) groups excluding carboxylic acids is 1. The average Bonchev–Trinajstić information content (AvgIpc) is 3.11. The Hall–Kier alpha value is -0.660. The van der Waals surface area contributed by atoms with Crippen LogP contribution < -0.4 is 10.6 Å². The maximum atomic E-state index is 12.3. The van der Waals surface area contributed by atoms with Gasteiger partial charge < -0.3 is 10.6 Å². The van der Waals surface area contributed by atoms with E-state index in [1.807, 2.05) is 22.9 Å². The summed E-state index contributed by atoms with van der Waals surface area (Å²) in [5.74, 6) is 0.445. The van der Waals surface area contributed by atoms with Crippen molar-refractivity contribution in [3.8, 4) is 9.88 Å². The quantitative estimate of drug-likeness (QED) is 0.858. The molecule has 0 aromatic carbocycles. The number of thiazole rings is 1. The summed E-state index contributed by atoms with van der Waals surface area (Å²) in [7, 11) is 0. The third kappa shape index (κ3) is 4.43. The van der Waals surface area contributed by atoms with Crippen molar-refractivity contribution in [3.05, 3.63) is 28.6 Å². The Morgan fingerprint density at radius 1 is 1.41 bits per heavy atom. The summed E-state index contributed by atoms with van der Waals surface area (Å²) in [4.78, 5) is 17.8. The van der Waals surface area contributed by atoms with Gasteiger partial charge in [0.1, 0.15) is 10.7 Å². The van der Waals surface area contributed by atoms with Crippen molar-refractivity contribution in [2.45, 2.75) is 19.4 Å². The first-order chi connectivity index (χ1) is 9.74. The molecule has 0 aliphatic carbocycles. The molecular formula is C14H19Cl2N3OS2. The van der Waals surface area contributed by atoms with Crippen molar-refractivity contribution < 1.29 is 4.79 Å². The van der Waals surface area contributed by atoms with E-state index in [9.17, 15) is 4.79 Å². The number of halogens is 2. The van der Waals surface area contributed by atoms with Crippen molar-refractivity contribution in [2.75, 3.05) is 13.1 Å². The lowest BCUT2D eigenvalue weighted by atomic mass is 9.95. The molecule has 0 bridgehead atoms. The summed E-state index contributed by atoms with van der Waals surface area (Å²) in [6, 6.07) is 4.22. The largest absolute Gasteiger partial charge is 0.346 e. The lowest BCUT2D eigenvalue weighted by Crippen LogP contribution is -2.50. The van der Waals surface area contributed by atoms with Gasteiger partial charge in [-0.25, -0.2) is 4.98 Å². The highest BCUT2D eigenvalue weighted by Crippen LogP contribution is 2.27. The van der Waals surface area contributed by atoms with Gasteiger partial charge in [0.15, 0.2) is 0 Å². The van der Waals surface area contributed by atoms with Crippen LogP contribution in [0.25, 0.3) is 9.88 Å². The molecule has 3 rings (SSSR count). The van der Waals surface area contributed by atoms with Gasteiger partial charge >= 0.3 is 0 Å². The summed E-state index contributed by atoms with van der Waals surface area (Å²) >= 11 is 3.16. The minimum absolute atomic E-state index is 0. The first kappa shape index (κ1) is 19.4. The van der Waals surface area contributed by atoms with Crippen molar-refractivity contribution in [1.82, 2.24) is 15.6 Å². The summed E-state index contributed by atoms with van der Waals surface area (Å²) in [5.41, 5.74) is 0.524. The average molecular weight is 380 g/mol. The molecule has 2 aromatic rings. The zero-order valence-electron chi connectivity index (χ0n) is 12.1. The lowest BCUT2D eigenvalue weighted by molar-refractivity contribution is 0.0911. The molecule has 22 heavy (non-hydrogen) atoms. The lowest BCUT2D eigenvalue weighted by Gasteiger charge is -2.29. The smallest absolute Gasteiger partial charge is 0.271 e. The van der Waals surface area contributed by atoms with E-state index in [0.29, 0.717) is 11.6 Å². The van der Waals surface area contributed by atoms with E-state index < -0.39 is 0 Å². The fourth-order valence-electron chi connectivity index (χ4n) is 2.32. The number of aromatic nitrogens is 1. The van der Waals surface area contributed by atoms with Gasteiger partial charge in [0, 0.05) is 18.0 Å². The molecule has 1 aliphatic rings. The highest BCUT2D eigenvalue weighted by atomic mass is 35.5. The fourth-order valence-corrected chi connectivity index (χ4v) is 3.93. The van der Waals surface area contributed by atoms with Crippen LogP contribution in [0.4, 0.5) is 0 Å². The van der Waals surface area contributed by atoms with Crippen LogP contribution in [0.1, 0.15) is 23.8 Å². The molecule has 2 atom stereocenters. The molecule has 4 nitrogen and oxygen atoms in total. The van der Waals surface area contributed by atoms with Crippen molar-refractivity contribution in [1.29, 1.82) is 0 Å². The number of amides is 1. The van der Waals surface area contributed by atoms with Crippen LogP contribution >= 0.6 is 47.5 Å². The van der Waals surface area contributed by atoms with Crippen LogP contribution in [0, 0.1) is 5.92 Å². The van der Waals surface area contributed by atoms with Crippen molar-refractivity contribution >= 4 is 53.4 Å². The summed E-state index contributed by atoms with van der Waals surface area (Å²) in [6.45, 7) is 4.06. The van der Waals surface area contributed by atoms with E-state index in [4.69, 9.17) is 0 Å². The number of carbonyl (C=O) groups is 1. The normalized spacial score (nSPS) is 20.6. The zero-order valence-corrected chi connectivity index (χ0v) is 15.3. The molecule has 122 valence electrons. The second-order valence-electron chi connectivity index (χ2n) is 5.07. The molecule has 0 spiro atoms. The molecular weight excluding hydrogens is 361 g/mol. The molecule has 0 saturated carbocycles. The fraction of sp³-hybridized carbons (Fsp3) is 0.429. The zero-order chi connectivity index (χ0) is 13.9. The Kier molecular flexibility index (Phi) is 7.79. The Labute approximate surface area is 150 Å². The third-order valence-corrected chi connectivity index (χ3v) is 5.49. The van der Waals surface area contributed by atoms with Gasteiger partial charge in [-0.2, -0.15) is 0 Å². The van der Waals surface area contributed by atoms with E-state index in [-0.39, 0.29) is 36.8 Å². The highest BCUT2D eigenvalue weighted by molar-refractivity contribution is 7.20. The van der Waals surface area contributed by atoms with Crippen LogP contribution in [0.2, 0.25) is 0 Å². The van der Waals surface area contributed by atoms with Gasteiger partial charge in [0.05, 0.1) is 4.88 Å². The summed E-state index contributed by atoms with van der Waals surface area (Å²) in [5, 5.41) is 11.2. The van der Waals surface area contributed by atoms with E-state index in [1.165, 1.54) is 11.3 Å². The molecule has 1 aliphatic heterocycles. The number of rotatable bonds is 3. The van der Waals surface area contributed by atoms with Gasteiger partial charge in [-0.1, -0.05) is 13.0 Å². The molecule has 1 fully saturated rings. The van der Waals surface area contributed by atoms with Crippen LogP contribution in [-0.2, 0) is 0 Å².